The maximum Gasteiger partial charge on any atom is 0.306 e. The lowest BCUT2D eigenvalue weighted by Gasteiger charge is -2.21. The number of esters is 1. The lowest BCUT2D eigenvalue weighted by Crippen LogP contribution is -2.25. The van der Waals surface area contributed by atoms with Gasteiger partial charge in [-0.1, -0.05) is 37.3 Å². The first kappa shape index (κ1) is 13.8. The Labute approximate surface area is 104 Å². The number of carbonyl (C=O) groups is 1. The second-order valence-corrected chi connectivity index (χ2v) is 5.59. The highest BCUT2D eigenvalue weighted by Crippen LogP contribution is 2.15. The summed E-state index contributed by atoms with van der Waals surface area (Å²) in [6, 6.07) is 10.2. The second-order valence-electron chi connectivity index (χ2n) is 5.59. The number of carbonyl (C=O) groups excluding carboxylic acids is 1. The van der Waals surface area contributed by atoms with Gasteiger partial charge < -0.3 is 4.74 Å². The van der Waals surface area contributed by atoms with Crippen LogP contribution >= 0.6 is 0 Å². The Bertz CT molecular complexity index is 349. The summed E-state index contributed by atoms with van der Waals surface area (Å²) in [6.45, 7) is 7.77. The number of ether oxygens (including phenoxy) is 1. The van der Waals surface area contributed by atoms with Crippen molar-refractivity contribution in [2.45, 2.75) is 46.1 Å². The van der Waals surface area contributed by atoms with Gasteiger partial charge in [0.2, 0.25) is 0 Å². The average molecular weight is 234 g/mol. The van der Waals surface area contributed by atoms with E-state index in [1.807, 2.05) is 39.0 Å². The van der Waals surface area contributed by atoms with Crippen LogP contribution in [-0.2, 0) is 16.0 Å². The smallest absolute Gasteiger partial charge is 0.306 e. The van der Waals surface area contributed by atoms with E-state index in [0.717, 1.165) is 6.42 Å². The summed E-state index contributed by atoms with van der Waals surface area (Å²) >= 11 is 0. The molecule has 1 aromatic rings. The zero-order chi connectivity index (χ0) is 12.9. The third-order valence-electron chi connectivity index (χ3n) is 2.36. The molecule has 0 saturated heterocycles. The predicted octanol–water partition coefficient (Wildman–Crippen LogP) is 3.60. The van der Waals surface area contributed by atoms with E-state index in [0.29, 0.717) is 12.3 Å². The van der Waals surface area contributed by atoms with Gasteiger partial charge in [-0.25, -0.2) is 0 Å². The van der Waals surface area contributed by atoms with Crippen LogP contribution in [0.1, 0.15) is 39.7 Å². The quantitative estimate of drug-likeness (QED) is 0.744. The van der Waals surface area contributed by atoms with Crippen LogP contribution in [0.3, 0.4) is 0 Å². The van der Waals surface area contributed by atoms with Crippen molar-refractivity contribution in [2.75, 3.05) is 0 Å². The standard InChI is InChI=1S/C15H22O2/c1-12(10-13-8-6-5-7-9-13)11-14(16)17-15(2,3)4/h5-9,12H,10-11H2,1-4H3. The number of rotatable bonds is 4. The van der Waals surface area contributed by atoms with Crippen LogP contribution in [0.15, 0.2) is 30.3 Å². The molecule has 0 aromatic heterocycles. The zero-order valence-electron chi connectivity index (χ0n) is 11.2. The van der Waals surface area contributed by atoms with Gasteiger partial charge in [0.05, 0.1) is 0 Å². The summed E-state index contributed by atoms with van der Waals surface area (Å²) in [6.07, 6.45) is 1.40. The molecule has 0 aliphatic rings. The lowest BCUT2D eigenvalue weighted by atomic mass is 9.98. The van der Waals surface area contributed by atoms with E-state index in [-0.39, 0.29) is 11.6 Å². The second kappa shape index (κ2) is 5.85. The minimum atomic E-state index is -0.385. The van der Waals surface area contributed by atoms with Gasteiger partial charge >= 0.3 is 5.97 Å². The molecule has 0 heterocycles. The molecule has 0 fully saturated rings. The van der Waals surface area contributed by atoms with Crippen LogP contribution in [0.2, 0.25) is 0 Å². The van der Waals surface area contributed by atoms with Gasteiger partial charge in [0.15, 0.2) is 0 Å². The number of hydrogen-bond donors (Lipinski definition) is 0. The summed E-state index contributed by atoms with van der Waals surface area (Å²) < 4.78 is 5.31. The third-order valence-corrected chi connectivity index (χ3v) is 2.36. The maximum absolute atomic E-state index is 11.6. The normalized spacial score (nSPS) is 13.2. The van der Waals surface area contributed by atoms with Gasteiger partial charge in [-0.15, -0.1) is 0 Å². The van der Waals surface area contributed by atoms with Crippen molar-refractivity contribution < 1.29 is 9.53 Å². The largest absolute Gasteiger partial charge is 0.460 e. The van der Waals surface area contributed by atoms with Gasteiger partial charge in [-0.3, -0.25) is 4.79 Å². The molecule has 0 amide bonds. The van der Waals surface area contributed by atoms with Crippen LogP contribution in [-0.4, -0.2) is 11.6 Å². The molecular weight excluding hydrogens is 212 g/mol. The van der Waals surface area contributed by atoms with Crippen LogP contribution < -0.4 is 0 Å². The molecule has 94 valence electrons. The Balaban J connectivity index is 2.40. The summed E-state index contributed by atoms with van der Waals surface area (Å²) in [5, 5.41) is 0. The molecule has 0 bridgehead atoms. The van der Waals surface area contributed by atoms with Gasteiger partial charge in [0, 0.05) is 6.42 Å². The van der Waals surface area contributed by atoms with Crippen molar-refractivity contribution in [3.8, 4) is 0 Å². The molecule has 0 aliphatic heterocycles. The maximum atomic E-state index is 11.6. The predicted molar refractivity (Wildman–Crippen MR) is 69.8 cm³/mol. The molecule has 0 radical (unpaired) electrons. The van der Waals surface area contributed by atoms with E-state index in [1.54, 1.807) is 0 Å². The third kappa shape index (κ3) is 6.10. The van der Waals surface area contributed by atoms with Crippen molar-refractivity contribution in [1.29, 1.82) is 0 Å². The molecule has 2 heteroatoms. The van der Waals surface area contributed by atoms with Crippen LogP contribution in [0.5, 0.6) is 0 Å². The fourth-order valence-corrected chi connectivity index (χ4v) is 1.76. The molecular formula is C15H22O2. The first-order valence-corrected chi connectivity index (χ1v) is 6.12. The Morgan fingerprint density at radius 3 is 2.35 bits per heavy atom. The van der Waals surface area contributed by atoms with Crippen molar-refractivity contribution in [3.63, 3.8) is 0 Å². The average Bonchev–Trinajstić information content (AvgIpc) is 2.15. The van der Waals surface area contributed by atoms with Gasteiger partial charge in [-0.2, -0.15) is 0 Å². The molecule has 0 N–H and O–H groups in total. The van der Waals surface area contributed by atoms with Crippen molar-refractivity contribution in [3.05, 3.63) is 35.9 Å². The minimum Gasteiger partial charge on any atom is -0.460 e. The molecule has 1 unspecified atom stereocenters. The summed E-state index contributed by atoms with van der Waals surface area (Å²) in [5.41, 5.74) is 0.882. The first-order valence-electron chi connectivity index (χ1n) is 6.12. The van der Waals surface area contributed by atoms with E-state index in [9.17, 15) is 4.79 Å². The van der Waals surface area contributed by atoms with Crippen molar-refractivity contribution in [2.24, 2.45) is 5.92 Å². The van der Waals surface area contributed by atoms with E-state index in [2.05, 4.69) is 19.1 Å². The fourth-order valence-electron chi connectivity index (χ4n) is 1.76. The molecule has 1 aromatic carbocycles. The number of benzene rings is 1. The summed E-state index contributed by atoms with van der Waals surface area (Å²) in [7, 11) is 0. The highest BCUT2D eigenvalue weighted by atomic mass is 16.6. The van der Waals surface area contributed by atoms with E-state index < -0.39 is 0 Å². The van der Waals surface area contributed by atoms with E-state index in [1.165, 1.54) is 5.56 Å². The minimum absolute atomic E-state index is 0.110. The van der Waals surface area contributed by atoms with E-state index in [4.69, 9.17) is 4.74 Å². The Hall–Kier alpha value is -1.31. The molecule has 0 aliphatic carbocycles. The van der Waals surface area contributed by atoms with Crippen LogP contribution in [0.4, 0.5) is 0 Å². The molecule has 17 heavy (non-hydrogen) atoms. The molecule has 1 rings (SSSR count). The number of hydrogen-bond acceptors (Lipinski definition) is 2. The Morgan fingerprint density at radius 1 is 1.24 bits per heavy atom. The van der Waals surface area contributed by atoms with Crippen LogP contribution in [0, 0.1) is 5.92 Å². The van der Waals surface area contributed by atoms with Crippen molar-refractivity contribution >= 4 is 5.97 Å². The molecule has 1 atom stereocenters. The first-order chi connectivity index (χ1) is 7.87. The molecule has 0 saturated carbocycles. The molecule has 0 spiro atoms. The Morgan fingerprint density at radius 2 is 1.82 bits per heavy atom. The Kier molecular flexibility index (Phi) is 4.73. The van der Waals surface area contributed by atoms with Gasteiger partial charge in [0.1, 0.15) is 5.60 Å². The fraction of sp³-hybridized carbons (Fsp3) is 0.533. The SMILES string of the molecule is CC(CC(=O)OC(C)(C)C)Cc1ccccc1. The van der Waals surface area contributed by atoms with Gasteiger partial charge in [-0.05, 0) is 38.7 Å². The zero-order valence-corrected chi connectivity index (χ0v) is 11.2. The van der Waals surface area contributed by atoms with Crippen LogP contribution in [0.25, 0.3) is 0 Å². The topological polar surface area (TPSA) is 26.3 Å². The highest BCUT2D eigenvalue weighted by Gasteiger charge is 2.18. The highest BCUT2D eigenvalue weighted by molar-refractivity contribution is 5.70. The monoisotopic (exact) mass is 234 g/mol. The van der Waals surface area contributed by atoms with Crippen molar-refractivity contribution in [1.82, 2.24) is 0 Å². The van der Waals surface area contributed by atoms with E-state index >= 15 is 0 Å². The lowest BCUT2D eigenvalue weighted by molar-refractivity contribution is -0.155. The molecule has 2 nitrogen and oxygen atoms in total. The van der Waals surface area contributed by atoms with Gasteiger partial charge in [0.25, 0.3) is 0 Å². The summed E-state index contributed by atoms with van der Waals surface area (Å²) in [5.74, 6) is 0.202. The summed E-state index contributed by atoms with van der Waals surface area (Å²) in [4.78, 5) is 11.6.